The van der Waals surface area contributed by atoms with Crippen molar-refractivity contribution >= 4 is 28.2 Å². The lowest BCUT2D eigenvalue weighted by Crippen LogP contribution is -2.72. The van der Waals surface area contributed by atoms with Crippen LogP contribution in [0.15, 0.2) is 0 Å². The maximum atomic E-state index is 13.8. The van der Waals surface area contributed by atoms with Gasteiger partial charge in [-0.1, -0.05) is 20.3 Å². The first-order chi connectivity index (χ1) is 13.7. The molecule has 170 valence electrons. The largest absolute Gasteiger partial charge is 0.465 e. The number of amides is 1. The Morgan fingerprint density at radius 3 is 2.07 bits per heavy atom. The zero-order valence-corrected chi connectivity index (χ0v) is 17.3. The summed E-state index contributed by atoms with van der Waals surface area (Å²) in [7, 11) is 0.994. The van der Waals surface area contributed by atoms with Gasteiger partial charge in [0, 0.05) is 10.8 Å². The van der Waals surface area contributed by atoms with Gasteiger partial charge in [-0.15, -0.1) is 11.3 Å². The molecule has 1 aromatic rings. The second kappa shape index (κ2) is 8.64. The maximum Gasteiger partial charge on any atom is 0.439 e. The fourth-order valence-corrected chi connectivity index (χ4v) is 4.46. The van der Waals surface area contributed by atoms with E-state index in [1.165, 1.54) is 19.2 Å². The average Bonchev–Trinajstić information content (AvgIpc) is 2.79. The maximum absolute atomic E-state index is 13.8. The van der Waals surface area contributed by atoms with Crippen LogP contribution in [0.4, 0.5) is 31.3 Å². The van der Waals surface area contributed by atoms with E-state index in [4.69, 9.17) is 0 Å². The Kier molecular flexibility index (Phi) is 6.99. The van der Waals surface area contributed by atoms with Crippen LogP contribution in [0.5, 0.6) is 0 Å². The van der Waals surface area contributed by atoms with Crippen LogP contribution in [-0.4, -0.2) is 37.0 Å². The van der Waals surface area contributed by atoms with Crippen LogP contribution in [0.2, 0.25) is 0 Å². The van der Waals surface area contributed by atoms with E-state index in [0.29, 0.717) is 47.5 Å². The number of esters is 1. The number of halogens is 6. The molecule has 1 amide bonds. The quantitative estimate of drug-likeness (QED) is 0.287. The summed E-state index contributed by atoms with van der Waals surface area (Å²) in [6.45, 7) is 2.33. The Balaban J connectivity index is 2.68. The fraction of sp³-hybridized carbons (Fsp3) is 0.667. The van der Waals surface area contributed by atoms with Gasteiger partial charge in [0.2, 0.25) is 5.91 Å². The number of thiophene rings is 1. The molecule has 0 saturated carbocycles. The topological polar surface area (TPSA) is 67.4 Å². The molecule has 5 nitrogen and oxygen atoms in total. The molecule has 1 aliphatic rings. The molecule has 0 fully saturated rings. The van der Waals surface area contributed by atoms with E-state index in [1.807, 2.05) is 0 Å². The third kappa shape index (κ3) is 4.52. The molecule has 0 saturated heterocycles. The highest BCUT2D eigenvalue weighted by atomic mass is 32.1. The molecule has 0 aliphatic heterocycles. The Morgan fingerprint density at radius 1 is 1.00 bits per heavy atom. The Bertz CT molecular complexity index is 787. The molecule has 1 aromatic heterocycles. The van der Waals surface area contributed by atoms with Crippen molar-refractivity contribution < 1.29 is 40.7 Å². The van der Waals surface area contributed by atoms with E-state index < -0.39 is 40.8 Å². The van der Waals surface area contributed by atoms with E-state index in [-0.39, 0.29) is 5.56 Å². The molecule has 12 heteroatoms. The molecule has 0 radical (unpaired) electrons. The third-order valence-electron chi connectivity index (χ3n) is 4.80. The Hall–Kier alpha value is -1.98. The summed E-state index contributed by atoms with van der Waals surface area (Å²) < 4.78 is 87.6. The van der Waals surface area contributed by atoms with Crippen LogP contribution in [0.1, 0.15) is 53.9 Å². The van der Waals surface area contributed by atoms with E-state index in [0.717, 1.165) is 18.8 Å². The van der Waals surface area contributed by atoms with E-state index >= 15 is 0 Å². The number of carbonyl (C=O) groups excluding carboxylic acids is 2. The van der Waals surface area contributed by atoms with Gasteiger partial charge in [0.05, 0.1) is 12.7 Å². The number of hydrogen-bond donors (Lipinski definition) is 2. The summed E-state index contributed by atoms with van der Waals surface area (Å²) in [5.74, 6) is -3.63. The van der Waals surface area contributed by atoms with Gasteiger partial charge in [0.15, 0.2) is 0 Å². The Morgan fingerprint density at radius 2 is 1.57 bits per heavy atom. The van der Waals surface area contributed by atoms with Crippen LogP contribution in [-0.2, 0) is 22.4 Å². The average molecular weight is 460 g/mol. The van der Waals surface area contributed by atoms with Gasteiger partial charge in [-0.05, 0) is 31.2 Å². The molecular formula is C18H22F6N2O3S. The molecule has 0 bridgehead atoms. The first-order valence-electron chi connectivity index (χ1n) is 9.21. The lowest BCUT2D eigenvalue weighted by Gasteiger charge is -2.39. The molecular weight excluding hydrogens is 438 g/mol. The highest BCUT2D eigenvalue weighted by molar-refractivity contribution is 7.16. The number of anilines is 1. The second-order valence-corrected chi connectivity index (χ2v) is 8.38. The number of aryl methyl sites for hydroxylation is 1. The highest BCUT2D eigenvalue weighted by Gasteiger charge is 2.73. The third-order valence-corrected chi connectivity index (χ3v) is 6.00. The minimum atomic E-state index is -5.95. The van der Waals surface area contributed by atoms with Gasteiger partial charge in [0.25, 0.3) is 0 Å². The van der Waals surface area contributed by atoms with Crippen molar-refractivity contribution in [2.24, 2.45) is 5.92 Å². The van der Waals surface area contributed by atoms with Gasteiger partial charge >= 0.3 is 24.0 Å². The van der Waals surface area contributed by atoms with Crippen molar-refractivity contribution in [2.75, 3.05) is 12.4 Å². The lowest BCUT2D eigenvalue weighted by atomic mass is 10.0. The molecule has 0 spiro atoms. The number of hydrogen-bond acceptors (Lipinski definition) is 5. The van der Waals surface area contributed by atoms with Crippen molar-refractivity contribution in [1.29, 1.82) is 0 Å². The number of fused-ring (bicyclic) bond motifs is 1. The molecule has 1 aliphatic carbocycles. The first kappa shape index (κ1) is 24.3. The summed E-state index contributed by atoms with van der Waals surface area (Å²) in [5, 5.41) is 1.91. The SMILES string of the molecule is COC(=O)c1c(NC(NC(=O)C(C)C)(C(F)(F)F)C(F)(F)F)sc2c1CCCCC2. The minimum absolute atomic E-state index is 0.335. The van der Waals surface area contributed by atoms with Crippen molar-refractivity contribution in [3.8, 4) is 0 Å². The summed E-state index contributed by atoms with van der Waals surface area (Å²) in [4.78, 5) is 24.7. The second-order valence-electron chi connectivity index (χ2n) is 7.27. The summed E-state index contributed by atoms with van der Waals surface area (Å²) >= 11 is 0.650. The van der Waals surface area contributed by atoms with Crippen molar-refractivity contribution in [3.63, 3.8) is 0 Å². The minimum Gasteiger partial charge on any atom is -0.465 e. The number of carbonyl (C=O) groups is 2. The van der Waals surface area contributed by atoms with Crippen molar-refractivity contribution in [1.82, 2.24) is 5.32 Å². The van der Waals surface area contributed by atoms with E-state index in [9.17, 15) is 35.9 Å². The molecule has 0 aromatic carbocycles. The van der Waals surface area contributed by atoms with Crippen LogP contribution in [0.25, 0.3) is 0 Å². The number of nitrogens with one attached hydrogen (secondary N) is 2. The van der Waals surface area contributed by atoms with Gasteiger partial charge in [-0.3, -0.25) is 4.79 Å². The molecule has 30 heavy (non-hydrogen) atoms. The molecule has 2 N–H and O–H groups in total. The van der Waals surface area contributed by atoms with E-state index in [1.54, 1.807) is 0 Å². The molecule has 2 rings (SSSR count). The van der Waals surface area contributed by atoms with E-state index in [2.05, 4.69) is 4.74 Å². The zero-order valence-electron chi connectivity index (χ0n) is 16.5. The Labute approximate surface area is 173 Å². The highest BCUT2D eigenvalue weighted by Crippen LogP contribution is 2.47. The first-order valence-corrected chi connectivity index (χ1v) is 10.0. The molecule has 0 atom stereocenters. The van der Waals surface area contributed by atoms with Crippen LogP contribution < -0.4 is 10.6 Å². The lowest BCUT2D eigenvalue weighted by molar-refractivity contribution is -0.296. The van der Waals surface area contributed by atoms with Gasteiger partial charge < -0.3 is 15.4 Å². The van der Waals surface area contributed by atoms with Crippen LogP contribution >= 0.6 is 11.3 Å². The standard InChI is InChI=1S/C18H22F6N2O3S/c1-9(2)13(27)25-16(17(19,20)21,18(22,23)24)26-14-12(15(28)29-3)10-7-5-4-6-8-11(10)30-14/h9,26H,4-8H2,1-3H3,(H,25,27). The van der Waals surface area contributed by atoms with Gasteiger partial charge in [-0.2, -0.15) is 26.3 Å². The predicted octanol–water partition coefficient (Wildman–Crippen LogP) is 4.81. The monoisotopic (exact) mass is 460 g/mol. The smallest absolute Gasteiger partial charge is 0.439 e. The van der Waals surface area contributed by atoms with Gasteiger partial charge in [0.1, 0.15) is 5.00 Å². The van der Waals surface area contributed by atoms with Gasteiger partial charge in [-0.25, -0.2) is 4.79 Å². The van der Waals surface area contributed by atoms with Crippen molar-refractivity contribution in [3.05, 3.63) is 16.0 Å². The number of alkyl halides is 6. The number of ether oxygens (including phenoxy) is 1. The predicted molar refractivity (Wildman–Crippen MR) is 98.4 cm³/mol. The van der Waals surface area contributed by atoms with Crippen molar-refractivity contribution in [2.45, 2.75) is 64.0 Å². The van der Waals surface area contributed by atoms with Crippen LogP contribution in [0.3, 0.4) is 0 Å². The summed E-state index contributed by atoms with van der Waals surface area (Å²) in [6, 6.07) is 0. The van der Waals surface area contributed by atoms with Crippen LogP contribution in [0, 0.1) is 5.92 Å². The normalized spacial score (nSPS) is 15.4. The summed E-state index contributed by atoms with van der Waals surface area (Å²) in [5.41, 5.74) is -4.73. The zero-order chi connectivity index (χ0) is 22.9. The summed E-state index contributed by atoms with van der Waals surface area (Å²) in [6.07, 6.45) is -8.99. The fourth-order valence-electron chi connectivity index (χ4n) is 3.12. The molecule has 1 heterocycles. The number of rotatable bonds is 5. The number of methoxy groups -OCH3 is 1. The molecule has 0 unspecified atom stereocenters.